The second-order valence-corrected chi connectivity index (χ2v) is 4.11. The summed E-state index contributed by atoms with van der Waals surface area (Å²) in [4.78, 5) is 15.9. The van der Waals surface area contributed by atoms with Crippen LogP contribution >= 0.6 is 15.9 Å². The lowest BCUT2D eigenvalue weighted by atomic mass is 10.0. The Bertz CT molecular complexity index is 553. The minimum Gasteiger partial charge on any atom is -0.289 e. The van der Waals surface area contributed by atoms with Gasteiger partial charge >= 0.3 is 0 Å². The van der Waals surface area contributed by atoms with Gasteiger partial charge in [-0.3, -0.25) is 4.79 Å². The van der Waals surface area contributed by atoms with E-state index >= 15 is 0 Å². The highest BCUT2D eigenvalue weighted by atomic mass is 79.9. The first kappa shape index (κ1) is 13.1. The van der Waals surface area contributed by atoms with E-state index in [0.717, 1.165) is 0 Å². The molecular weight excluding hydrogens is 280 g/mol. The summed E-state index contributed by atoms with van der Waals surface area (Å²) >= 11 is 3.14. The minimum atomic E-state index is -0.301. The number of carbonyl (C=O) groups is 1. The fourth-order valence-corrected chi connectivity index (χ4v) is 1.47. The Labute approximate surface area is 108 Å². The zero-order chi connectivity index (χ0) is 12.8. The molecule has 3 nitrogen and oxygen atoms in total. The number of nitriles is 1. The van der Waals surface area contributed by atoms with E-state index in [1.165, 1.54) is 12.3 Å². The van der Waals surface area contributed by atoms with Crippen LogP contribution in [0.1, 0.15) is 16.1 Å². The van der Waals surface area contributed by atoms with E-state index in [4.69, 9.17) is 5.26 Å². The van der Waals surface area contributed by atoms with E-state index in [1.54, 1.807) is 18.2 Å². The predicted molar refractivity (Wildman–Crippen MR) is 69.6 cm³/mol. The highest BCUT2D eigenvalue weighted by molar-refractivity contribution is 9.11. The molecule has 0 N–H and O–H groups in total. The Balaban J connectivity index is 3.25. The van der Waals surface area contributed by atoms with Crippen molar-refractivity contribution in [2.75, 3.05) is 0 Å². The molecule has 17 heavy (non-hydrogen) atoms. The van der Waals surface area contributed by atoms with Gasteiger partial charge in [0.2, 0.25) is 0 Å². The number of rotatable bonds is 4. The summed E-state index contributed by atoms with van der Waals surface area (Å²) in [5, 5.41) is 8.87. The maximum Gasteiger partial charge on any atom is 0.195 e. The van der Waals surface area contributed by atoms with E-state index in [0.29, 0.717) is 10.1 Å². The summed E-state index contributed by atoms with van der Waals surface area (Å²) in [6.45, 7) is 7.18. The van der Waals surface area contributed by atoms with Crippen molar-refractivity contribution in [3.8, 4) is 6.07 Å². The van der Waals surface area contributed by atoms with Crippen LogP contribution in [-0.2, 0) is 0 Å². The van der Waals surface area contributed by atoms with Crippen molar-refractivity contribution in [2.24, 2.45) is 0 Å². The summed E-state index contributed by atoms with van der Waals surface area (Å²) < 4.78 is 0.558. The highest BCUT2D eigenvalue weighted by Crippen LogP contribution is 2.15. The number of allylic oxidation sites excluding steroid dienone is 4. The van der Waals surface area contributed by atoms with Crippen molar-refractivity contribution < 1.29 is 4.79 Å². The quantitative estimate of drug-likeness (QED) is 0.486. The SMILES string of the molecule is C=C/C(=C\C(=C)Br)C(=O)c1cccnc1C#N. The molecule has 1 heterocycles. The zero-order valence-corrected chi connectivity index (χ0v) is 10.6. The van der Waals surface area contributed by atoms with Gasteiger partial charge in [0.05, 0.1) is 5.56 Å². The molecule has 0 amide bonds. The van der Waals surface area contributed by atoms with Gasteiger partial charge in [-0.25, -0.2) is 4.98 Å². The molecule has 0 spiro atoms. The van der Waals surface area contributed by atoms with Crippen LogP contribution in [0.3, 0.4) is 0 Å². The average Bonchev–Trinajstić information content (AvgIpc) is 2.34. The molecule has 0 unspecified atom stereocenters. The molecule has 4 heteroatoms. The number of nitrogens with zero attached hydrogens (tertiary/aromatic N) is 2. The largest absolute Gasteiger partial charge is 0.289 e. The van der Waals surface area contributed by atoms with Gasteiger partial charge in [-0.15, -0.1) is 0 Å². The third-order valence-electron chi connectivity index (χ3n) is 1.95. The number of ketones is 1. The van der Waals surface area contributed by atoms with Crippen LogP contribution < -0.4 is 0 Å². The smallest absolute Gasteiger partial charge is 0.195 e. The molecule has 0 fully saturated rings. The lowest BCUT2D eigenvalue weighted by Gasteiger charge is -2.02. The van der Waals surface area contributed by atoms with Crippen LogP contribution in [0.4, 0.5) is 0 Å². The average molecular weight is 289 g/mol. The number of aromatic nitrogens is 1. The van der Waals surface area contributed by atoms with Crippen molar-refractivity contribution in [3.05, 3.63) is 65.0 Å². The Morgan fingerprint density at radius 2 is 2.29 bits per heavy atom. The number of pyridine rings is 1. The zero-order valence-electron chi connectivity index (χ0n) is 8.98. The first-order valence-corrected chi connectivity index (χ1v) is 5.47. The molecule has 1 rings (SSSR count). The van der Waals surface area contributed by atoms with Gasteiger partial charge in [0.15, 0.2) is 11.5 Å². The monoisotopic (exact) mass is 288 g/mol. The van der Waals surface area contributed by atoms with E-state index in [1.807, 2.05) is 6.07 Å². The number of hydrogen-bond donors (Lipinski definition) is 0. The first-order valence-electron chi connectivity index (χ1n) is 4.68. The fraction of sp³-hybridized carbons (Fsp3) is 0. The van der Waals surface area contributed by atoms with E-state index < -0.39 is 0 Å². The van der Waals surface area contributed by atoms with Crippen LogP contribution in [-0.4, -0.2) is 10.8 Å². The molecule has 0 saturated carbocycles. The van der Waals surface area contributed by atoms with E-state index in [-0.39, 0.29) is 17.0 Å². The number of hydrogen-bond acceptors (Lipinski definition) is 3. The fourth-order valence-electron chi connectivity index (χ4n) is 1.22. The van der Waals surface area contributed by atoms with Gasteiger partial charge in [0.1, 0.15) is 6.07 Å². The van der Waals surface area contributed by atoms with Crippen molar-refractivity contribution >= 4 is 21.7 Å². The molecule has 0 bridgehead atoms. The van der Waals surface area contributed by atoms with Crippen LogP contribution in [0.5, 0.6) is 0 Å². The molecular formula is C13H9BrN2O. The van der Waals surface area contributed by atoms with Gasteiger partial charge in [-0.2, -0.15) is 5.26 Å². The second kappa shape index (κ2) is 5.92. The van der Waals surface area contributed by atoms with Crippen molar-refractivity contribution in [1.82, 2.24) is 4.98 Å². The van der Waals surface area contributed by atoms with Crippen LogP contribution in [0, 0.1) is 11.3 Å². The maximum absolute atomic E-state index is 12.1. The Morgan fingerprint density at radius 1 is 1.59 bits per heavy atom. The van der Waals surface area contributed by atoms with Crippen LogP contribution in [0.25, 0.3) is 0 Å². The minimum absolute atomic E-state index is 0.102. The second-order valence-electron chi connectivity index (χ2n) is 3.09. The Morgan fingerprint density at radius 3 is 2.82 bits per heavy atom. The summed E-state index contributed by atoms with van der Waals surface area (Å²) in [7, 11) is 0. The molecule has 0 saturated heterocycles. The van der Waals surface area contributed by atoms with Crippen molar-refractivity contribution in [1.29, 1.82) is 5.26 Å². The standard InChI is InChI=1S/C13H9BrN2O/c1-3-10(7-9(2)14)13(17)11-5-4-6-16-12(11)8-15/h3-7H,1-2H2/b10-7+. The number of carbonyl (C=O) groups excluding carboxylic acids is 1. The third-order valence-corrected chi connectivity index (χ3v) is 2.18. The number of Topliss-reactive ketones (excluding diaryl/α,β-unsaturated/α-hetero) is 1. The molecule has 0 radical (unpaired) electrons. The van der Waals surface area contributed by atoms with Crippen LogP contribution in [0.15, 0.2) is 53.7 Å². The molecule has 0 aromatic carbocycles. The number of halogens is 1. The molecule has 0 aliphatic heterocycles. The van der Waals surface area contributed by atoms with Crippen molar-refractivity contribution in [3.63, 3.8) is 0 Å². The normalized spacial score (nSPS) is 10.5. The summed E-state index contributed by atoms with van der Waals surface area (Å²) in [6, 6.07) is 5.05. The van der Waals surface area contributed by atoms with Crippen molar-refractivity contribution in [2.45, 2.75) is 0 Å². The molecule has 0 aliphatic rings. The molecule has 0 atom stereocenters. The molecule has 1 aromatic heterocycles. The molecule has 84 valence electrons. The summed E-state index contributed by atoms with van der Waals surface area (Å²) in [5.74, 6) is -0.301. The van der Waals surface area contributed by atoms with Gasteiger partial charge in [-0.05, 0) is 18.2 Å². The Kier molecular flexibility index (Phi) is 4.56. The topological polar surface area (TPSA) is 53.8 Å². The van der Waals surface area contributed by atoms with Gasteiger partial charge < -0.3 is 0 Å². The Hall–Kier alpha value is -1.99. The first-order chi connectivity index (χ1) is 8.10. The van der Waals surface area contributed by atoms with Gasteiger partial charge in [0, 0.05) is 16.3 Å². The van der Waals surface area contributed by atoms with Gasteiger partial charge in [-0.1, -0.05) is 35.2 Å². The molecule has 0 aliphatic carbocycles. The summed E-state index contributed by atoms with van der Waals surface area (Å²) in [5.41, 5.74) is 0.719. The lowest BCUT2D eigenvalue weighted by molar-refractivity contribution is 0.103. The summed E-state index contributed by atoms with van der Waals surface area (Å²) in [6.07, 6.45) is 4.43. The maximum atomic E-state index is 12.1. The lowest BCUT2D eigenvalue weighted by Crippen LogP contribution is -2.05. The predicted octanol–water partition coefficient (Wildman–Crippen LogP) is 3.16. The third kappa shape index (κ3) is 3.23. The van der Waals surface area contributed by atoms with Gasteiger partial charge in [0.25, 0.3) is 0 Å². The van der Waals surface area contributed by atoms with E-state index in [9.17, 15) is 4.79 Å². The van der Waals surface area contributed by atoms with Crippen LogP contribution in [0.2, 0.25) is 0 Å². The molecule has 1 aromatic rings. The van der Waals surface area contributed by atoms with E-state index in [2.05, 4.69) is 34.1 Å². The highest BCUT2D eigenvalue weighted by Gasteiger charge is 2.14.